The van der Waals surface area contributed by atoms with Crippen LogP contribution in [0.3, 0.4) is 0 Å². The van der Waals surface area contributed by atoms with Crippen LogP contribution in [0, 0.1) is 13.8 Å². The second-order valence-electron chi connectivity index (χ2n) is 4.79. The van der Waals surface area contributed by atoms with Gasteiger partial charge in [0.25, 0.3) is 0 Å². The number of ether oxygens (including phenoxy) is 1. The van der Waals surface area contributed by atoms with E-state index in [1.165, 1.54) is 0 Å². The molecule has 2 aromatic rings. The zero-order valence-corrected chi connectivity index (χ0v) is 11.8. The van der Waals surface area contributed by atoms with Crippen molar-refractivity contribution in [2.75, 3.05) is 13.2 Å². The third-order valence-corrected chi connectivity index (χ3v) is 2.89. The molecule has 0 aliphatic carbocycles. The van der Waals surface area contributed by atoms with Crippen molar-refractivity contribution in [1.29, 1.82) is 0 Å². The Morgan fingerprint density at radius 1 is 1.35 bits per heavy atom. The number of aromatic nitrogens is 1. The molecule has 1 unspecified atom stereocenters. The van der Waals surface area contributed by atoms with Gasteiger partial charge in [0.15, 0.2) is 0 Å². The largest absolute Gasteiger partial charge is 0.491 e. The summed E-state index contributed by atoms with van der Waals surface area (Å²) in [5.74, 6) is 1.59. The maximum Gasteiger partial charge on any atom is 0.133 e. The van der Waals surface area contributed by atoms with Gasteiger partial charge in [0, 0.05) is 19.2 Å². The normalized spacial score (nSPS) is 12.3. The van der Waals surface area contributed by atoms with E-state index in [4.69, 9.17) is 9.26 Å². The van der Waals surface area contributed by atoms with E-state index < -0.39 is 6.10 Å². The molecule has 20 heavy (non-hydrogen) atoms. The molecule has 108 valence electrons. The van der Waals surface area contributed by atoms with Gasteiger partial charge in [-0.3, -0.25) is 0 Å². The SMILES string of the molecule is Cc1cc(CNCC(O)COc2ccccc2C)no1. The maximum atomic E-state index is 9.85. The number of nitrogens with zero attached hydrogens (tertiary/aromatic N) is 1. The second-order valence-corrected chi connectivity index (χ2v) is 4.79. The molecule has 1 aromatic heterocycles. The molecule has 0 aliphatic heterocycles. The maximum absolute atomic E-state index is 9.85. The summed E-state index contributed by atoms with van der Waals surface area (Å²) in [6.07, 6.45) is -0.567. The van der Waals surface area contributed by atoms with E-state index >= 15 is 0 Å². The van der Waals surface area contributed by atoms with Gasteiger partial charge in [-0.1, -0.05) is 23.4 Å². The number of hydrogen-bond donors (Lipinski definition) is 2. The van der Waals surface area contributed by atoms with Crippen molar-refractivity contribution in [3.63, 3.8) is 0 Å². The molecule has 0 spiro atoms. The van der Waals surface area contributed by atoms with Gasteiger partial charge in [-0.15, -0.1) is 0 Å². The second kappa shape index (κ2) is 7.07. The lowest BCUT2D eigenvalue weighted by Crippen LogP contribution is -2.31. The Hall–Kier alpha value is -1.85. The Morgan fingerprint density at radius 3 is 2.85 bits per heavy atom. The van der Waals surface area contributed by atoms with Crippen LogP contribution in [-0.2, 0) is 6.54 Å². The van der Waals surface area contributed by atoms with Crippen LogP contribution in [0.15, 0.2) is 34.9 Å². The molecule has 5 nitrogen and oxygen atoms in total. The number of rotatable bonds is 7. The van der Waals surface area contributed by atoms with E-state index in [1.807, 2.05) is 44.2 Å². The third kappa shape index (κ3) is 4.36. The standard InChI is InChI=1S/C15H20N2O3/c1-11-5-3-4-6-15(11)19-10-14(18)9-16-8-13-7-12(2)20-17-13/h3-7,14,16,18H,8-10H2,1-2H3. The lowest BCUT2D eigenvalue weighted by atomic mass is 10.2. The minimum absolute atomic E-state index is 0.260. The quantitative estimate of drug-likeness (QED) is 0.807. The molecule has 0 saturated heterocycles. The van der Waals surface area contributed by atoms with E-state index in [0.29, 0.717) is 13.1 Å². The molecule has 1 aromatic carbocycles. The fourth-order valence-corrected chi connectivity index (χ4v) is 1.83. The molecule has 0 fully saturated rings. The fraction of sp³-hybridized carbons (Fsp3) is 0.400. The summed E-state index contributed by atoms with van der Waals surface area (Å²) in [4.78, 5) is 0. The Kier molecular flexibility index (Phi) is 5.15. The molecule has 0 saturated carbocycles. The lowest BCUT2D eigenvalue weighted by Gasteiger charge is -2.14. The number of nitrogens with one attached hydrogen (secondary N) is 1. The minimum atomic E-state index is -0.567. The average Bonchev–Trinajstić information content (AvgIpc) is 2.83. The minimum Gasteiger partial charge on any atom is -0.491 e. The van der Waals surface area contributed by atoms with Crippen molar-refractivity contribution in [3.8, 4) is 5.75 Å². The van der Waals surface area contributed by atoms with Crippen LogP contribution in [-0.4, -0.2) is 29.5 Å². The smallest absolute Gasteiger partial charge is 0.133 e. The first-order valence-corrected chi connectivity index (χ1v) is 6.64. The monoisotopic (exact) mass is 276 g/mol. The molecule has 0 aliphatic rings. The third-order valence-electron chi connectivity index (χ3n) is 2.89. The number of aryl methyl sites for hydroxylation is 2. The molecular weight excluding hydrogens is 256 g/mol. The summed E-state index contributed by atoms with van der Waals surface area (Å²) in [5, 5.41) is 16.8. The summed E-state index contributed by atoms with van der Waals surface area (Å²) in [6, 6.07) is 9.61. The number of aliphatic hydroxyl groups is 1. The van der Waals surface area contributed by atoms with Crippen molar-refractivity contribution < 1.29 is 14.4 Å². The van der Waals surface area contributed by atoms with Crippen LogP contribution < -0.4 is 10.1 Å². The first-order chi connectivity index (χ1) is 9.65. The van der Waals surface area contributed by atoms with E-state index in [2.05, 4.69) is 10.5 Å². The van der Waals surface area contributed by atoms with E-state index in [9.17, 15) is 5.11 Å². The van der Waals surface area contributed by atoms with E-state index in [0.717, 1.165) is 22.8 Å². The summed E-state index contributed by atoms with van der Waals surface area (Å²) >= 11 is 0. The van der Waals surface area contributed by atoms with Crippen LogP contribution in [0.4, 0.5) is 0 Å². The highest BCUT2D eigenvalue weighted by Crippen LogP contribution is 2.16. The zero-order valence-electron chi connectivity index (χ0n) is 11.8. The molecule has 0 amide bonds. The average molecular weight is 276 g/mol. The summed E-state index contributed by atoms with van der Waals surface area (Å²) in [6.45, 7) is 5.10. The van der Waals surface area contributed by atoms with Gasteiger partial charge in [0.1, 0.15) is 24.2 Å². The molecule has 1 heterocycles. The van der Waals surface area contributed by atoms with Crippen LogP contribution in [0.1, 0.15) is 17.0 Å². The highest BCUT2D eigenvalue weighted by atomic mass is 16.5. The predicted octanol–water partition coefficient (Wildman–Crippen LogP) is 1.82. The summed E-state index contributed by atoms with van der Waals surface area (Å²) in [7, 11) is 0. The molecule has 2 rings (SSSR count). The molecule has 5 heteroatoms. The molecule has 0 bridgehead atoms. The van der Waals surface area contributed by atoms with Crippen molar-refractivity contribution in [2.45, 2.75) is 26.5 Å². The first kappa shape index (κ1) is 14.6. The molecule has 2 N–H and O–H groups in total. The van der Waals surface area contributed by atoms with Crippen molar-refractivity contribution >= 4 is 0 Å². The van der Waals surface area contributed by atoms with Crippen LogP contribution in [0.2, 0.25) is 0 Å². The zero-order chi connectivity index (χ0) is 14.4. The molecular formula is C15H20N2O3. The van der Waals surface area contributed by atoms with Crippen molar-refractivity contribution in [3.05, 3.63) is 47.3 Å². The van der Waals surface area contributed by atoms with E-state index in [-0.39, 0.29) is 6.61 Å². The van der Waals surface area contributed by atoms with Crippen LogP contribution in [0.25, 0.3) is 0 Å². The van der Waals surface area contributed by atoms with Gasteiger partial charge >= 0.3 is 0 Å². The Morgan fingerprint density at radius 2 is 2.15 bits per heavy atom. The summed E-state index contributed by atoms with van der Waals surface area (Å²) < 4.78 is 10.5. The van der Waals surface area contributed by atoms with Crippen LogP contribution in [0.5, 0.6) is 5.75 Å². The number of benzene rings is 1. The van der Waals surface area contributed by atoms with Crippen LogP contribution >= 0.6 is 0 Å². The van der Waals surface area contributed by atoms with Gasteiger partial charge in [-0.05, 0) is 25.5 Å². The molecule has 1 atom stereocenters. The topological polar surface area (TPSA) is 67.5 Å². The molecule has 0 radical (unpaired) electrons. The number of hydrogen-bond acceptors (Lipinski definition) is 5. The van der Waals surface area contributed by atoms with Gasteiger partial charge in [-0.25, -0.2) is 0 Å². The van der Waals surface area contributed by atoms with Gasteiger partial charge in [0.05, 0.1) is 5.69 Å². The number of para-hydroxylation sites is 1. The Bertz CT molecular complexity index is 539. The lowest BCUT2D eigenvalue weighted by molar-refractivity contribution is 0.105. The van der Waals surface area contributed by atoms with Crippen molar-refractivity contribution in [1.82, 2.24) is 10.5 Å². The predicted molar refractivity (Wildman–Crippen MR) is 75.6 cm³/mol. The Labute approximate surface area is 118 Å². The highest BCUT2D eigenvalue weighted by molar-refractivity contribution is 5.31. The van der Waals surface area contributed by atoms with Crippen molar-refractivity contribution in [2.24, 2.45) is 0 Å². The first-order valence-electron chi connectivity index (χ1n) is 6.64. The van der Waals surface area contributed by atoms with Gasteiger partial charge in [-0.2, -0.15) is 0 Å². The van der Waals surface area contributed by atoms with E-state index in [1.54, 1.807) is 0 Å². The summed E-state index contributed by atoms with van der Waals surface area (Å²) in [5.41, 5.74) is 1.89. The van der Waals surface area contributed by atoms with Gasteiger partial charge < -0.3 is 19.7 Å². The number of aliphatic hydroxyl groups excluding tert-OH is 1. The highest BCUT2D eigenvalue weighted by Gasteiger charge is 2.07. The Balaban J connectivity index is 1.68. The fourth-order valence-electron chi connectivity index (χ4n) is 1.83. The van der Waals surface area contributed by atoms with Gasteiger partial charge in [0.2, 0.25) is 0 Å².